The number of carbonyl (C=O) groups excluding carboxylic acids is 2. The van der Waals surface area contributed by atoms with Gasteiger partial charge in [0.15, 0.2) is 0 Å². The lowest BCUT2D eigenvalue weighted by Gasteiger charge is -2.42. The van der Waals surface area contributed by atoms with Gasteiger partial charge >= 0.3 is 11.9 Å². The van der Waals surface area contributed by atoms with E-state index in [1.807, 2.05) is 0 Å². The molecule has 0 aromatic carbocycles. The lowest BCUT2D eigenvalue weighted by Crippen LogP contribution is -2.44. The molecule has 15 heavy (non-hydrogen) atoms. The van der Waals surface area contributed by atoms with Crippen molar-refractivity contribution in [2.24, 2.45) is 11.3 Å². The molecule has 1 rings (SSSR count). The van der Waals surface area contributed by atoms with Gasteiger partial charge in [0.05, 0.1) is 19.1 Å². The van der Waals surface area contributed by atoms with Crippen LogP contribution in [-0.2, 0) is 19.1 Å². The zero-order valence-corrected chi connectivity index (χ0v) is 9.54. The predicted molar refractivity (Wildman–Crippen MR) is 54.1 cm³/mol. The zero-order valence-electron chi connectivity index (χ0n) is 9.54. The first-order valence-electron chi connectivity index (χ1n) is 5.29. The van der Waals surface area contributed by atoms with Crippen molar-refractivity contribution < 1.29 is 19.1 Å². The molecule has 0 amide bonds. The standard InChI is InChI=1S/C11H18O4/c1-4-11(6-14-7-11)5-8(2)10(13)15-9(3)12/h8H,4-7H2,1-3H3. The monoisotopic (exact) mass is 214 g/mol. The molecule has 0 bridgehead atoms. The van der Waals surface area contributed by atoms with Gasteiger partial charge in [-0.15, -0.1) is 0 Å². The predicted octanol–water partition coefficient (Wildman–Crippen LogP) is 1.53. The third kappa shape index (κ3) is 3.02. The summed E-state index contributed by atoms with van der Waals surface area (Å²) in [5.41, 5.74) is 0.120. The fraction of sp³-hybridized carbons (Fsp3) is 0.818. The average Bonchev–Trinajstić information content (AvgIpc) is 2.09. The largest absolute Gasteiger partial charge is 0.393 e. The second-order valence-corrected chi connectivity index (χ2v) is 4.36. The average molecular weight is 214 g/mol. The van der Waals surface area contributed by atoms with Crippen molar-refractivity contribution in [2.75, 3.05) is 13.2 Å². The Bertz CT molecular complexity index is 250. The summed E-state index contributed by atoms with van der Waals surface area (Å²) < 4.78 is 9.72. The number of hydrogen-bond acceptors (Lipinski definition) is 4. The Labute approximate surface area is 89.9 Å². The van der Waals surface area contributed by atoms with Crippen LogP contribution in [-0.4, -0.2) is 25.2 Å². The number of carbonyl (C=O) groups is 2. The molecule has 4 heteroatoms. The molecule has 0 saturated carbocycles. The second kappa shape index (κ2) is 4.75. The first-order valence-corrected chi connectivity index (χ1v) is 5.29. The van der Waals surface area contributed by atoms with Gasteiger partial charge in [0.1, 0.15) is 0 Å². The molecule has 0 aromatic rings. The first kappa shape index (κ1) is 12.2. The Morgan fingerprint density at radius 3 is 2.40 bits per heavy atom. The van der Waals surface area contributed by atoms with Crippen molar-refractivity contribution in [3.8, 4) is 0 Å². The molecule has 1 fully saturated rings. The van der Waals surface area contributed by atoms with Crippen LogP contribution >= 0.6 is 0 Å². The molecule has 0 N–H and O–H groups in total. The molecule has 1 aliphatic heterocycles. The van der Waals surface area contributed by atoms with Crippen molar-refractivity contribution in [1.82, 2.24) is 0 Å². The van der Waals surface area contributed by atoms with Crippen LogP contribution in [0.3, 0.4) is 0 Å². The highest BCUT2D eigenvalue weighted by Crippen LogP contribution is 2.37. The Hall–Kier alpha value is -0.900. The Kier molecular flexibility index (Phi) is 3.85. The summed E-state index contributed by atoms with van der Waals surface area (Å²) in [6.45, 7) is 6.54. The molecule has 1 atom stereocenters. The zero-order chi connectivity index (χ0) is 11.5. The van der Waals surface area contributed by atoms with Crippen LogP contribution in [0.5, 0.6) is 0 Å². The molecular weight excluding hydrogens is 196 g/mol. The topological polar surface area (TPSA) is 52.6 Å². The number of ether oxygens (including phenoxy) is 2. The van der Waals surface area contributed by atoms with Crippen LogP contribution < -0.4 is 0 Å². The van der Waals surface area contributed by atoms with Crippen molar-refractivity contribution in [3.63, 3.8) is 0 Å². The van der Waals surface area contributed by atoms with E-state index in [2.05, 4.69) is 11.7 Å². The van der Waals surface area contributed by atoms with Crippen molar-refractivity contribution >= 4 is 11.9 Å². The van der Waals surface area contributed by atoms with Crippen molar-refractivity contribution in [1.29, 1.82) is 0 Å². The lowest BCUT2D eigenvalue weighted by atomic mass is 9.76. The Morgan fingerprint density at radius 2 is 2.07 bits per heavy atom. The highest BCUT2D eigenvalue weighted by atomic mass is 16.6. The lowest BCUT2D eigenvalue weighted by molar-refractivity contribution is -0.165. The van der Waals surface area contributed by atoms with Crippen molar-refractivity contribution in [3.05, 3.63) is 0 Å². The summed E-state index contributed by atoms with van der Waals surface area (Å²) in [6.07, 6.45) is 1.72. The smallest absolute Gasteiger partial charge is 0.316 e. The molecule has 1 saturated heterocycles. The molecule has 1 heterocycles. The molecule has 0 aliphatic carbocycles. The van der Waals surface area contributed by atoms with Gasteiger partial charge in [-0.3, -0.25) is 9.59 Å². The van der Waals surface area contributed by atoms with Crippen molar-refractivity contribution in [2.45, 2.75) is 33.6 Å². The highest BCUT2D eigenvalue weighted by molar-refractivity contribution is 5.85. The van der Waals surface area contributed by atoms with E-state index in [0.29, 0.717) is 13.2 Å². The van der Waals surface area contributed by atoms with E-state index in [1.165, 1.54) is 6.92 Å². The van der Waals surface area contributed by atoms with Crippen LogP contribution in [0, 0.1) is 11.3 Å². The van der Waals surface area contributed by atoms with E-state index in [9.17, 15) is 9.59 Å². The maximum absolute atomic E-state index is 11.4. The van der Waals surface area contributed by atoms with Crippen LogP contribution in [0.25, 0.3) is 0 Å². The molecule has 86 valence electrons. The third-order valence-corrected chi connectivity index (χ3v) is 2.95. The number of hydrogen-bond donors (Lipinski definition) is 0. The quantitative estimate of drug-likeness (QED) is 0.526. The normalized spacial score (nSPS) is 20.2. The van der Waals surface area contributed by atoms with Gasteiger partial charge in [-0.2, -0.15) is 0 Å². The van der Waals surface area contributed by atoms with Gasteiger partial charge in [0.2, 0.25) is 0 Å². The van der Waals surface area contributed by atoms with E-state index in [-0.39, 0.29) is 11.3 Å². The summed E-state index contributed by atoms with van der Waals surface area (Å²) in [5.74, 6) is -1.21. The summed E-state index contributed by atoms with van der Waals surface area (Å²) in [4.78, 5) is 22.0. The number of esters is 2. The molecule has 0 spiro atoms. The molecule has 1 unspecified atom stereocenters. The summed E-state index contributed by atoms with van der Waals surface area (Å²) in [5, 5.41) is 0. The molecule has 0 radical (unpaired) electrons. The van der Waals surface area contributed by atoms with E-state index in [0.717, 1.165) is 12.8 Å². The van der Waals surface area contributed by atoms with Gasteiger partial charge in [0.25, 0.3) is 0 Å². The van der Waals surface area contributed by atoms with E-state index in [1.54, 1.807) is 6.92 Å². The fourth-order valence-corrected chi connectivity index (χ4v) is 1.83. The SMILES string of the molecule is CCC1(CC(C)C(=O)OC(C)=O)COC1. The van der Waals surface area contributed by atoms with Gasteiger partial charge in [-0.1, -0.05) is 13.8 Å². The van der Waals surface area contributed by atoms with Crippen LogP contribution in [0.2, 0.25) is 0 Å². The molecule has 4 nitrogen and oxygen atoms in total. The van der Waals surface area contributed by atoms with Crippen LogP contribution in [0.4, 0.5) is 0 Å². The van der Waals surface area contributed by atoms with E-state index >= 15 is 0 Å². The van der Waals surface area contributed by atoms with Gasteiger partial charge in [-0.05, 0) is 12.8 Å². The van der Waals surface area contributed by atoms with E-state index in [4.69, 9.17) is 4.74 Å². The maximum atomic E-state index is 11.4. The molecule has 0 aromatic heterocycles. The summed E-state index contributed by atoms with van der Waals surface area (Å²) in [6, 6.07) is 0. The minimum atomic E-state index is -0.540. The fourth-order valence-electron chi connectivity index (χ4n) is 1.83. The second-order valence-electron chi connectivity index (χ2n) is 4.36. The third-order valence-electron chi connectivity index (χ3n) is 2.95. The van der Waals surface area contributed by atoms with Gasteiger partial charge in [-0.25, -0.2) is 0 Å². The minimum Gasteiger partial charge on any atom is -0.393 e. The summed E-state index contributed by atoms with van der Waals surface area (Å²) >= 11 is 0. The first-order chi connectivity index (χ1) is 6.99. The molecular formula is C11H18O4. The van der Waals surface area contributed by atoms with E-state index < -0.39 is 11.9 Å². The highest BCUT2D eigenvalue weighted by Gasteiger charge is 2.39. The summed E-state index contributed by atoms with van der Waals surface area (Å²) in [7, 11) is 0. The van der Waals surface area contributed by atoms with Crippen LogP contribution in [0.15, 0.2) is 0 Å². The minimum absolute atomic E-state index is 0.120. The Morgan fingerprint density at radius 1 is 1.47 bits per heavy atom. The van der Waals surface area contributed by atoms with Gasteiger partial charge < -0.3 is 9.47 Å². The Balaban J connectivity index is 2.43. The van der Waals surface area contributed by atoms with Crippen LogP contribution in [0.1, 0.15) is 33.6 Å². The van der Waals surface area contributed by atoms with Gasteiger partial charge in [0, 0.05) is 12.3 Å². The number of rotatable bonds is 4. The maximum Gasteiger partial charge on any atom is 0.316 e. The molecule has 1 aliphatic rings.